The Morgan fingerprint density at radius 1 is 1.38 bits per heavy atom. The van der Waals surface area contributed by atoms with Crippen molar-refractivity contribution in [3.63, 3.8) is 0 Å². The Labute approximate surface area is 79.8 Å². The van der Waals surface area contributed by atoms with Gasteiger partial charge in [0, 0.05) is 25.2 Å². The molecule has 0 aliphatic heterocycles. The number of hydrogen-bond acceptors (Lipinski definition) is 2. The van der Waals surface area contributed by atoms with E-state index in [1.807, 2.05) is 6.21 Å². The molecular formula is C10H19FN2. The van der Waals surface area contributed by atoms with Crippen LogP contribution in [0.15, 0.2) is 4.99 Å². The minimum Gasteiger partial charge on any atom is -0.306 e. The SMILES string of the molecule is C/N=C/C1CC(F)CC[C@@H]1N(C)C. The second-order valence-corrected chi connectivity index (χ2v) is 4.01. The van der Waals surface area contributed by atoms with Crippen LogP contribution in [-0.2, 0) is 0 Å². The fourth-order valence-electron chi connectivity index (χ4n) is 2.13. The predicted octanol–water partition coefficient (Wildman–Crippen LogP) is 1.76. The van der Waals surface area contributed by atoms with Crippen molar-refractivity contribution >= 4 is 6.21 Å². The van der Waals surface area contributed by atoms with Crippen LogP contribution in [0.25, 0.3) is 0 Å². The van der Waals surface area contributed by atoms with Gasteiger partial charge < -0.3 is 9.89 Å². The number of aliphatic imine (C=N–C) groups is 1. The molecule has 76 valence electrons. The summed E-state index contributed by atoms with van der Waals surface area (Å²) in [5.41, 5.74) is 0. The molecule has 0 aromatic carbocycles. The molecule has 3 heteroatoms. The Kier molecular flexibility index (Phi) is 3.85. The molecule has 0 N–H and O–H groups in total. The van der Waals surface area contributed by atoms with Crippen LogP contribution in [0.3, 0.4) is 0 Å². The van der Waals surface area contributed by atoms with Gasteiger partial charge in [0.2, 0.25) is 0 Å². The van der Waals surface area contributed by atoms with Crippen LogP contribution in [0.2, 0.25) is 0 Å². The molecule has 2 nitrogen and oxygen atoms in total. The minimum absolute atomic E-state index is 0.295. The van der Waals surface area contributed by atoms with Crippen LogP contribution in [-0.4, -0.2) is 44.5 Å². The third kappa shape index (κ3) is 2.76. The Morgan fingerprint density at radius 2 is 2.08 bits per heavy atom. The Morgan fingerprint density at radius 3 is 2.62 bits per heavy atom. The van der Waals surface area contributed by atoms with Crippen LogP contribution in [0.5, 0.6) is 0 Å². The summed E-state index contributed by atoms with van der Waals surface area (Å²) < 4.78 is 13.1. The lowest BCUT2D eigenvalue weighted by atomic mass is 9.83. The van der Waals surface area contributed by atoms with Crippen molar-refractivity contribution in [2.75, 3.05) is 21.1 Å². The molecule has 0 amide bonds. The van der Waals surface area contributed by atoms with E-state index in [9.17, 15) is 4.39 Å². The van der Waals surface area contributed by atoms with Gasteiger partial charge in [0.1, 0.15) is 6.17 Å². The molecule has 1 fully saturated rings. The molecule has 2 unspecified atom stereocenters. The van der Waals surface area contributed by atoms with Gasteiger partial charge in [0.15, 0.2) is 0 Å². The Balaban J connectivity index is 2.60. The monoisotopic (exact) mass is 186 g/mol. The lowest BCUT2D eigenvalue weighted by Crippen LogP contribution is -2.41. The standard InChI is InChI=1S/C10H19FN2/c1-12-7-8-6-9(11)4-5-10(8)13(2)3/h7-10H,4-6H2,1-3H3/b12-7+/t8?,9?,10-/m0/s1. The van der Waals surface area contributed by atoms with E-state index >= 15 is 0 Å². The molecule has 3 atom stereocenters. The van der Waals surface area contributed by atoms with E-state index in [2.05, 4.69) is 24.0 Å². The van der Waals surface area contributed by atoms with Crippen molar-refractivity contribution < 1.29 is 4.39 Å². The van der Waals surface area contributed by atoms with Crippen molar-refractivity contribution in [1.82, 2.24) is 4.90 Å². The van der Waals surface area contributed by atoms with Crippen LogP contribution < -0.4 is 0 Å². The fourth-order valence-corrected chi connectivity index (χ4v) is 2.13. The van der Waals surface area contributed by atoms with Gasteiger partial charge in [-0.3, -0.25) is 0 Å². The Bertz CT molecular complexity index is 180. The second kappa shape index (κ2) is 4.70. The Hall–Kier alpha value is -0.440. The van der Waals surface area contributed by atoms with Gasteiger partial charge in [-0.05, 0) is 33.4 Å². The molecule has 13 heavy (non-hydrogen) atoms. The molecule has 0 aromatic heterocycles. The summed E-state index contributed by atoms with van der Waals surface area (Å²) in [6, 6.07) is 0.468. The number of halogens is 1. The van der Waals surface area contributed by atoms with Gasteiger partial charge >= 0.3 is 0 Å². The smallest absolute Gasteiger partial charge is 0.101 e. The zero-order valence-electron chi connectivity index (χ0n) is 8.70. The highest BCUT2D eigenvalue weighted by molar-refractivity contribution is 5.61. The highest BCUT2D eigenvalue weighted by Gasteiger charge is 2.30. The maximum absolute atomic E-state index is 13.1. The molecule has 0 radical (unpaired) electrons. The molecule has 0 aromatic rings. The molecule has 1 rings (SSSR count). The maximum atomic E-state index is 13.1. The molecule has 1 aliphatic rings. The fraction of sp³-hybridized carbons (Fsp3) is 0.900. The summed E-state index contributed by atoms with van der Waals surface area (Å²) in [6.45, 7) is 0. The minimum atomic E-state index is -0.626. The molecule has 1 saturated carbocycles. The van der Waals surface area contributed by atoms with Crippen molar-refractivity contribution in [2.45, 2.75) is 31.5 Å². The van der Waals surface area contributed by atoms with E-state index in [1.165, 1.54) is 0 Å². The number of rotatable bonds is 2. The van der Waals surface area contributed by atoms with Crippen LogP contribution in [0.4, 0.5) is 4.39 Å². The second-order valence-electron chi connectivity index (χ2n) is 4.01. The summed E-state index contributed by atoms with van der Waals surface area (Å²) in [5.74, 6) is 0.295. The molecular weight excluding hydrogens is 167 g/mol. The highest BCUT2D eigenvalue weighted by Crippen LogP contribution is 2.28. The topological polar surface area (TPSA) is 15.6 Å². The number of alkyl halides is 1. The van der Waals surface area contributed by atoms with E-state index in [0.717, 1.165) is 6.42 Å². The molecule has 0 heterocycles. The van der Waals surface area contributed by atoms with E-state index in [0.29, 0.717) is 24.8 Å². The summed E-state index contributed by atoms with van der Waals surface area (Å²) in [4.78, 5) is 6.19. The van der Waals surface area contributed by atoms with E-state index in [-0.39, 0.29) is 0 Å². The van der Waals surface area contributed by atoms with Gasteiger partial charge in [-0.15, -0.1) is 0 Å². The lowest BCUT2D eigenvalue weighted by Gasteiger charge is -2.35. The van der Waals surface area contributed by atoms with Gasteiger partial charge in [0.25, 0.3) is 0 Å². The van der Waals surface area contributed by atoms with Crippen LogP contribution in [0.1, 0.15) is 19.3 Å². The van der Waals surface area contributed by atoms with Crippen molar-refractivity contribution in [1.29, 1.82) is 0 Å². The van der Waals surface area contributed by atoms with Gasteiger partial charge in [-0.2, -0.15) is 0 Å². The van der Waals surface area contributed by atoms with E-state index in [4.69, 9.17) is 0 Å². The zero-order chi connectivity index (χ0) is 9.84. The van der Waals surface area contributed by atoms with Crippen LogP contribution >= 0.6 is 0 Å². The first-order valence-electron chi connectivity index (χ1n) is 4.88. The molecule has 1 aliphatic carbocycles. The van der Waals surface area contributed by atoms with E-state index < -0.39 is 6.17 Å². The average molecular weight is 186 g/mol. The van der Waals surface area contributed by atoms with Gasteiger partial charge in [0.05, 0.1) is 0 Å². The highest BCUT2D eigenvalue weighted by atomic mass is 19.1. The first kappa shape index (κ1) is 10.6. The lowest BCUT2D eigenvalue weighted by molar-refractivity contribution is 0.135. The first-order chi connectivity index (χ1) is 6.15. The largest absolute Gasteiger partial charge is 0.306 e. The summed E-state index contributed by atoms with van der Waals surface area (Å²) in [5, 5.41) is 0. The first-order valence-corrected chi connectivity index (χ1v) is 4.88. The van der Waals surface area contributed by atoms with Gasteiger partial charge in [-0.25, -0.2) is 4.39 Å². The van der Waals surface area contributed by atoms with Gasteiger partial charge in [-0.1, -0.05) is 0 Å². The van der Waals surface area contributed by atoms with Crippen molar-refractivity contribution in [3.05, 3.63) is 0 Å². The normalized spacial score (nSPS) is 35.9. The third-order valence-corrected chi connectivity index (χ3v) is 2.80. The maximum Gasteiger partial charge on any atom is 0.101 e. The van der Waals surface area contributed by atoms with Crippen LogP contribution in [0, 0.1) is 5.92 Å². The number of hydrogen-bond donors (Lipinski definition) is 0. The van der Waals surface area contributed by atoms with Crippen molar-refractivity contribution in [3.8, 4) is 0 Å². The molecule has 0 spiro atoms. The number of nitrogens with zero attached hydrogens (tertiary/aromatic N) is 2. The summed E-state index contributed by atoms with van der Waals surface area (Å²) in [6.07, 6.45) is 3.57. The zero-order valence-corrected chi connectivity index (χ0v) is 8.70. The quantitative estimate of drug-likeness (QED) is 0.600. The molecule has 0 saturated heterocycles. The molecule has 0 bridgehead atoms. The van der Waals surface area contributed by atoms with E-state index in [1.54, 1.807) is 7.05 Å². The third-order valence-electron chi connectivity index (χ3n) is 2.80. The summed E-state index contributed by atoms with van der Waals surface area (Å²) in [7, 11) is 5.87. The average Bonchev–Trinajstić information content (AvgIpc) is 2.04. The predicted molar refractivity (Wildman–Crippen MR) is 54.1 cm³/mol. The van der Waals surface area contributed by atoms with Crippen molar-refractivity contribution in [2.24, 2.45) is 10.9 Å². The summed E-state index contributed by atoms with van der Waals surface area (Å²) >= 11 is 0.